The van der Waals surface area contributed by atoms with E-state index in [2.05, 4.69) is 4.98 Å². The Kier molecular flexibility index (Phi) is 2.71. The Balaban J connectivity index is 2.51. The van der Waals surface area contributed by atoms with E-state index in [0.717, 1.165) is 16.0 Å². The number of fused-ring (bicyclic) bond motifs is 1. The lowest BCUT2D eigenvalue weighted by Crippen LogP contribution is -2.05. The highest BCUT2D eigenvalue weighted by Gasteiger charge is 2.08. The SMILES string of the molecule is CC(C)Oc1cc(Cl)c2nc(N)sc2c1. The average molecular weight is 243 g/mol. The highest BCUT2D eigenvalue weighted by Crippen LogP contribution is 2.33. The van der Waals surface area contributed by atoms with Crippen LogP contribution in [0.2, 0.25) is 5.02 Å². The molecular weight excluding hydrogens is 232 g/mol. The van der Waals surface area contributed by atoms with Gasteiger partial charge in [-0.1, -0.05) is 22.9 Å². The Morgan fingerprint density at radius 2 is 2.20 bits per heavy atom. The van der Waals surface area contributed by atoms with E-state index in [-0.39, 0.29) is 6.10 Å². The van der Waals surface area contributed by atoms with Crippen LogP contribution in [-0.2, 0) is 0 Å². The molecule has 1 aromatic carbocycles. The molecule has 0 spiro atoms. The van der Waals surface area contributed by atoms with Gasteiger partial charge in [-0.15, -0.1) is 0 Å². The molecule has 2 rings (SSSR count). The predicted octanol–water partition coefficient (Wildman–Crippen LogP) is 3.32. The molecule has 0 aliphatic rings. The van der Waals surface area contributed by atoms with Gasteiger partial charge >= 0.3 is 0 Å². The number of nitrogens with two attached hydrogens (primary N) is 1. The van der Waals surface area contributed by atoms with Gasteiger partial charge in [0.15, 0.2) is 5.13 Å². The lowest BCUT2D eigenvalue weighted by Gasteiger charge is -2.09. The predicted molar refractivity (Wildman–Crippen MR) is 64.8 cm³/mol. The van der Waals surface area contributed by atoms with Gasteiger partial charge in [0.2, 0.25) is 0 Å². The van der Waals surface area contributed by atoms with Gasteiger partial charge in [-0.25, -0.2) is 4.98 Å². The number of thiazole rings is 1. The van der Waals surface area contributed by atoms with Crippen LogP contribution in [-0.4, -0.2) is 11.1 Å². The summed E-state index contributed by atoms with van der Waals surface area (Å²) in [5.74, 6) is 0.756. The third kappa shape index (κ3) is 2.16. The van der Waals surface area contributed by atoms with Crippen LogP contribution in [0.25, 0.3) is 10.2 Å². The largest absolute Gasteiger partial charge is 0.491 e. The fourth-order valence-electron chi connectivity index (χ4n) is 1.32. The maximum Gasteiger partial charge on any atom is 0.181 e. The summed E-state index contributed by atoms with van der Waals surface area (Å²) in [6, 6.07) is 3.68. The minimum absolute atomic E-state index is 0.129. The smallest absolute Gasteiger partial charge is 0.181 e. The van der Waals surface area contributed by atoms with Crippen LogP contribution < -0.4 is 10.5 Å². The van der Waals surface area contributed by atoms with Crippen molar-refractivity contribution >= 4 is 38.3 Å². The molecule has 15 heavy (non-hydrogen) atoms. The van der Waals surface area contributed by atoms with E-state index in [1.807, 2.05) is 19.9 Å². The number of nitrogen functional groups attached to an aromatic ring is 1. The average Bonchev–Trinajstić information content (AvgIpc) is 2.44. The van der Waals surface area contributed by atoms with Crippen LogP contribution in [0.15, 0.2) is 12.1 Å². The third-order valence-electron chi connectivity index (χ3n) is 1.81. The van der Waals surface area contributed by atoms with Crippen molar-refractivity contribution in [3.05, 3.63) is 17.2 Å². The molecule has 0 amide bonds. The second-order valence-electron chi connectivity index (χ2n) is 3.47. The van der Waals surface area contributed by atoms with Gasteiger partial charge in [0.1, 0.15) is 11.3 Å². The summed E-state index contributed by atoms with van der Waals surface area (Å²) < 4.78 is 6.52. The van der Waals surface area contributed by atoms with Crippen LogP contribution in [0.1, 0.15) is 13.8 Å². The zero-order chi connectivity index (χ0) is 11.0. The first-order valence-corrected chi connectivity index (χ1v) is 5.78. The number of hydrogen-bond acceptors (Lipinski definition) is 4. The van der Waals surface area contributed by atoms with E-state index in [1.54, 1.807) is 6.07 Å². The van der Waals surface area contributed by atoms with Crippen molar-refractivity contribution in [3.8, 4) is 5.75 Å². The van der Waals surface area contributed by atoms with Crippen molar-refractivity contribution in [2.45, 2.75) is 20.0 Å². The van der Waals surface area contributed by atoms with Gasteiger partial charge < -0.3 is 10.5 Å². The van der Waals surface area contributed by atoms with Gasteiger partial charge in [0, 0.05) is 6.07 Å². The van der Waals surface area contributed by atoms with E-state index in [1.165, 1.54) is 11.3 Å². The number of rotatable bonds is 2. The molecule has 0 bridgehead atoms. The van der Waals surface area contributed by atoms with Crippen LogP contribution in [0.4, 0.5) is 5.13 Å². The summed E-state index contributed by atoms with van der Waals surface area (Å²) in [6.45, 7) is 3.94. The summed E-state index contributed by atoms with van der Waals surface area (Å²) in [6.07, 6.45) is 0.129. The number of aromatic nitrogens is 1. The molecule has 3 nitrogen and oxygen atoms in total. The number of halogens is 1. The van der Waals surface area contributed by atoms with E-state index in [4.69, 9.17) is 22.1 Å². The summed E-state index contributed by atoms with van der Waals surface area (Å²) in [7, 11) is 0. The molecule has 0 radical (unpaired) electrons. The number of anilines is 1. The van der Waals surface area contributed by atoms with Gasteiger partial charge in [-0.2, -0.15) is 0 Å². The molecule has 1 aromatic heterocycles. The van der Waals surface area contributed by atoms with Crippen molar-refractivity contribution in [1.82, 2.24) is 4.98 Å². The quantitative estimate of drug-likeness (QED) is 0.879. The molecule has 0 aliphatic carbocycles. The van der Waals surface area contributed by atoms with Gasteiger partial charge in [0.25, 0.3) is 0 Å². The maximum absolute atomic E-state index is 6.07. The monoisotopic (exact) mass is 242 g/mol. The molecule has 0 aliphatic heterocycles. The number of benzene rings is 1. The fraction of sp³-hybridized carbons (Fsp3) is 0.300. The standard InChI is InChI=1S/C10H11ClN2OS/c1-5(2)14-6-3-7(11)9-8(4-6)15-10(12)13-9/h3-5H,1-2H3,(H2,12,13). The van der Waals surface area contributed by atoms with Gasteiger partial charge in [-0.05, 0) is 19.9 Å². The Bertz CT molecular complexity index is 495. The molecule has 1 heterocycles. The second-order valence-corrected chi connectivity index (χ2v) is 4.94. The number of hydrogen-bond donors (Lipinski definition) is 1. The first-order valence-electron chi connectivity index (χ1n) is 4.58. The number of nitrogens with zero attached hydrogens (tertiary/aromatic N) is 1. The van der Waals surface area contributed by atoms with E-state index in [0.29, 0.717) is 10.2 Å². The van der Waals surface area contributed by atoms with E-state index in [9.17, 15) is 0 Å². The molecule has 0 fully saturated rings. The normalized spacial score (nSPS) is 11.2. The topological polar surface area (TPSA) is 48.1 Å². The summed E-state index contributed by atoms with van der Waals surface area (Å²) in [4.78, 5) is 4.14. The molecule has 0 unspecified atom stereocenters. The molecule has 2 aromatic rings. The van der Waals surface area contributed by atoms with Gasteiger partial charge in [0.05, 0.1) is 15.8 Å². The van der Waals surface area contributed by atoms with Crippen LogP contribution in [0.5, 0.6) is 5.75 Å². The zero-order valence-corrected chi connectivity index (χ0v) is 10.0. The number of ether oxygens (including phenoxy) is 1. The maximum atomic E-state index is 6.07. The third-order valence-corrected chi connectivity index (χ3v) is 2.93. The van der Waals surface area contributed by atoms with Crippen LogP contribution >= 0.6 is 22.9 Å². The lowest BCUT2D eigenvalue weighted by molar-refractivity contribution is 0.243. The molecule has 0 saturated heterocycles. The Morgan fingerprint density at radius 1 is 1.47 bits per heavy atom. The molecule has 0 saturated carbocycles. The highest BCUT2D eigenvalue weighted by molar-refractivity contribution is 7.22. The molecule has 5 heteroatoms. The fourth-order valence-corrected chi connectivity index (χ4v) is 2.42. The van der Waals surface area contributed by atoms with Crippen molar-refractivity contribution in [2.75, 3.05) is 5.73 Å². The summed E-state index contributed by atoms with van der Waals surface area (Å²) in [5, 5.41) is 1.10. The Hall–Kier alpha value is -1.00. The lowest BCUT2D eigenvalue weighted by atomic mass is 10.3. The Morgan fingerprint density at radius 3 is 2.87 bits per heavy atom. The van der Waals surface area contributed by atoms with E-state index < -0.39 is 0 Å². The minimum atomic E-state index is 0.129. The van der Waals surface area contributed by atoms with Crippen molar-refractivity contribution < 1.29 is 4.74 Å². The molecule has 0 atom stereocenters. The molecular formula is C10H11ClN2OS. The van der Waals surface area contributed by atoms with Crippen molar-refractivity contribution in [2.24, 2.45) is 0 Å². The van der Waals surface area contributed by atoms with Crippen LogP contribution in [0.3, 0.4) is 0 Å². The summed E-state index contributed by atoms with van der Waals surface area (Å²) in [5.41, 5.74) is 6.36. The highest BCUT2D eigenvalue weighted by atomic mass is 35.5. The second kappa shape index (κ2) is 3.87. The Labute approximate surface area is 96.8 Å². The zero-order valence-electron chi connectivity index (χ0n) is 8.45. The molecule has 80 valence electrons. The van der Waals surface area contributed by atoms with Crippen molar-refractivity contribution in [1.29, 1.82) is 0 Å². The van der Waals surface area contributed by atoms with Crippen molar-refractivity contribution in [3.63, 3.8) is 0 Å². The first-order chi connectivity index (χ1) is 7.06. The van der Waals surface area contributed by atoms with Crippen LogP contribution in [0, 0.1) is 0 Å². The molecule has 2 N–H and O–H groups in total. The first kappa shape index (κ1) is 10.5. The minimum Gasteiger partial charge on any atom is -0.491 e. The summed E-state index contributed by atoms with van der Waals surface area (Å²) >= 11 is 7.48. The van der Waals surface area contributed by atoms with Gasteiger partial charge in [-0.3, -0.25) is 0 Å². The van der Waals surface area contributed by atoms with E-state index >= 15 is 0 Å².